The summed E-state index contributed by atoms with van der Waals surface area (Å²) >= 11 is 0. The molecule has 5 rings (SSSR count). The van der Waals surface area contributed by atoms with Crippen molar-refractivity contribution in [1.82, 2.24) is 24.9 Å². The van der Waals surface area contributed by atoms with E-state index in [-0.39, 0.29) is 37.4 Å². The summed E-state index contributed by atoms with van der Waals surface area (Å²) in [6.07, 6.45) is 1.97. The highest BCUT2D eigenvalue weighted by Crippen LogP contribution is 2.27. The van der Waals surface area contributed by atoms with Gasteiger partial charge in [-0.2, -0.15) is 0 Å². The average molecular weight is 423 g/mol. The SMILES string of the molecule is O=C1CCC(n2c(=O)oc3ccc(Cc4cn(-c5ccccc5)nn4)c(F)c32)C(=O)N1.[HH]. The number of carbonyl (C=O) groups excluding carboxylic acids is 2. The lowest BCUT2D eigenvalue weighted by Gasteiger charge is -2.21. The minimum atomic E-state index is -1.02. The Hall–Kier alpha value is -4.08. The first-order valence-electron chi connectivity index (χ1n) is 9.64. The maximum absolute atomic E-state index is 15.4. The van der Waals surface area contributed by atoms with E-state index in [4.69, 9.17) is 4.42 Å². The number of para-hydroxylation sites is 1. The highest BCUT2D eigenvalue weighted by Gasteiger charge is 2.32. The maximum atomic E-state index is 15.4. The number of oxazole rings is 1. The van der Waals surface area contributed by atoms with Crippen molar-refractivity contribution in [2.45, 2.75) is 25.3 Å². The first-order valence-corrected chi connectivity index (χ1v) is 9.64. The van der Waals surface area contributed by atoms with E-state index in [1.54, 1.807) is 10.9 Å². The molecule has 9 nitrogen and oxygen atoms in total. The minimum Gasteiger partial charge on any atom is -0.408 e. The van der Waals surface area contributed by atoms with E-state index in [1.165, 1.54) is 12.1 Å². The maximum Gasteiger partial charge on any atom is 0.420 e. The molecule has 4 aromatic rings. The molecule has 0 bridgehead atoms. The number of amides is 2. The lowest BCUT2D eigenvalue weighted by atomic mass is 10.0. The second-order valence-corrected chi connectivity index (χ2v) is 7.26. The van der Waals surface area contributed by atoms with Crippen molar-refractivity contribution in [3.63, 3.8) is 0 Å². The quantitative estimate of drug-likeness (QED) is 0.503. The Morgan fingerprint density at radius 3 is 2.74 bits per heavy atom. The molecule has 1 aliphatic rings. The number of hydrogen-bond donors (Lipinski definition) is 1. The van der Waals surface area contributed by atoms with Crippen molar-refractivity contribution in [3.8, 4) is 5.69 Å². The monoisotopic (exact) mass is 423 g/mol. The van der Waals surface area contributed by atoms with Crippen molar-refractivity contribution in [1.29, 1.82) is 0 Å². The molecule has 3 heterocycles. The number of aromatic nitrogens is 4. The van der Waals surface area contributed by atoms with Gasteiger partial charge >= 0.3 is 5.76 Å². The number of halogens is 1. The van der Waals surface area contributed by atoms with Gasteiger partial charge in [-0.15, -0.1) is 5.10 Å². The molecule has 0 aliphatic carbocycles. The van der Waals surface area contributed by atoms with E-state index < -0.39 is 29.4 Å². The number of imide groups is 1. The molecule has 1 atom stereocenters. The van der Waals surface area contributed by atoms with Crippen molar-refractivity contribution in [2.24, 2.45) is 0 Å². The Morgan fingerprint density at radius 1 is 1.16 bits per heavy atom. The highest BCUT2D eigenvalue weighted by atomic mass is 19.1. The second kappa shape index (κ2) is 7.31. The van der Waals surface area contributed by atoms with Crippen LogP contribution in [0.4, 0.5) is 4.39 Å². The summed E-state index contributed by atoms with van der Waals surface area (Å²) < 4.78 is 23.2. The Balaban J connectivity index is 0.00000245. The number of rotatable bonds is 4. The molecular weight excluding hydrogens is 405 g/mol. The van der Waals surface area contributed by atoms with Gasteiger partial charge in [0.2, 0.25) is 11.8 Å². The van der Waals surface area contributed by atoms with E-state index in [2.05, 4.69) is 15.6 Å². The van der Waals surface area contributed by atoms with E-state index in [1.807, 2.05) is 30.3 Å². The molecule has 0 saturated carbocycles. The summed E-state index contributed by atoms with van der Waals surface area (Å²) in [5, 5.41) is 10.4. The number of hydrogen-bond acceptors (Lipinski definition) is 6. The molecular formula is C21H18FN5O4. The van der Waals surface area contributed by atoms with Crippen LogP contribution in [0.1, 0.15) is 31.6 Å². The van der Waals surface area contributed by atoms with Crippen LogP contribution in [0.15, 0.2) is 57.9 Å². The lowest BCUT2D eigenvalue weighted by Crippen LogP contribution is -2.43. The number of nitrogens with zero attached hydrogens (tertiary/aromatic N) is 4. The van der Waals surface area contributed by atoms with Crippen LogP contribution in [-0.4, -0.2) is 31.4 Å². The van der Waals surface area contributed by atoms with E-state index >= 15 is 4.39 Å². The van der Waals surface area contributed by atoms with Gasteiger partial charge in [-0.1, -0.05) is 29.5 Å². The summed E-state index contributed by atoms with van der Waals surface area (Å²) in [5.41, 5.74) is 1.55. The number of fused-ring (bicyclic) bond motifs is 1. The van der Waals surface area contributed by atoms with Gasteiger partial charge in [0.05, 0.1) is 17.6 Å². The number of piperidine rings is 1. The fourth-order valence-electron chi connectivity index (χ4n) is 3.76. The molecule has 2 aromatic carbocycles. The molecule has 1 unspecified atom stereocenters. The Bertz CT molecular complexity index is 1380. The molecule has 1 N–H and O–H groups in total. The average Bonchev–Trinajstić information content (AvgIpc) is 3.35. The van der Waals surface area contributed by atoms with Crippen molar-refractivity contribution in [3.05, 3.63) is 76.3 Å². The minimum absolute atomic E-state index is 0. The molecule has 1 aliphatic heterocycles. The van der Waals surface area contributed by atoms with Gasteiger partial charge in [-0.05, 0) is 30.2 Å². The molecule has 2 aromatic heterocycles. The number of benzene rings is 2. The molecule has 1 saturated heterocycles. The highest BCUT2D eigenvalue weighted by molar-refractivity contribution is 6.00. The first kappa shape index (κ1) is 18.9. The third kappa shape index (κ3) is 3.31. The van der Waals surface area contributed by atoms with E-state index in [0.29, 0.717) is 5.69 Å². The van der Waals surface area contributed by atoms with Crippen LogP contribution in [0.3, 0.4) is 0 Å². The van der Waals surface area contributed by atoms with Crippen molar-refractivity contribution in [2.75, 3.05) is 0 Å². The van der Waals surface area contributed by atoms with Gasteiger partial charge in [0, 0.05) is 14.3 Å². The Labute approximate surface area is 175 Å². The van der Waals surface area contributed by atoms with Gasteiger partial charge < -0.3 is 4.42 Å². The van der Waals surface area contributed by atoms with Crippen LogP contribution in [-0.2, 0) is 16.0 Å². The predicted molar refractivity (Wildman–Crippen MR) is 108 cm³/mol. The van der Waals surface area contributed by atoms with Crippen LogP contribution in [0, 0.1) is 5.82 Å². The molecule has 2 amide bonds. The fourth-order valence-corrected chi connectivity index (χ4v) is 3.76. The van der Waals surface area contributed by atoms with Crippen LogP contribution >= 0.6 is 0 Å². The lowest BCUT2D eigenvalue weighted by molar-refractivity contribution is -0.135. The van der Waals surface area contributed by atoms with E-state index in [0.717, 1.165) is 10.3 Å². The summed E-state index contributed by atoms with van der Waals surface area (Å²) in [7, 11) is 0. The van der Waals surface area contributed by atoms with Gasteiger partial charge in [-0.3, -0.25) is 19.5 Å². The number of nitrogens with one attached hydrogen (secondary N) is 1. The zero-order valence-electron chi connectivity index (χ0n) is 16.1. The normalized spacial score (nSPS) is 16.6. The predicted octanol–water partition coefficient (Wildman–Crippen LogP) is 2.13. The molecule has 0 radical (unpaired) electrons. The third-order valence-corrected chi connectivity index (χ3v) is 5.25. The summed E-state index contributed by atoms with van der Waals surface area (Å²) in [5.74, 6) is -2.61. The first-order chi connectivity index (χ1) is 15.0. The third-order valence-electron chi connectivity index (χ3n) is 5.25. The molecule has 1 fully saturated rings. The van der Waals surface area contributed by atoms with Gasteiger partial charge in [0.15, 0.2) is 11.4 Å². The standard InChI is InChI=1S/C21H16FN5O4.H2/c22-18-12(10-13-11-26(25-24-13)14-4-2-1-3-5-14)6-8-16-19(18)27(21(30)31-16)15-7-9-17(28)23-20(15)29;/h1-6,8,11,15H,7,9-10H2,(H,23,28,29);1H. The van der Waals surface area contributed by atoms with Crippen LogP contribution < -0.4 is 11.1 Å². The Kier molecular flexibility index (Phi) is 4.46. The van der Waals surface area contributed by atoms with Crippen molar-refractivity contribution < 1.29 is 19.8 Å². The zero-order valence-corrected chi connectivity index (χ0v) is 16.1. The summed E-state index contributed by atoms with van der Waals surface area (Å²) in [6, 6.07) is 11.4. The van der Waals surface area contributed by atoms with Crippen LogP contribution in [0.25, 0.3) is 16.8 Å². The van der Waals surface area contributed by atoms with Gasteiger partial charge in [0.1, 0.15) is 11.6 Å². The van der Waals surface area contributed by atoms with Gasteiger partial charge in [0.25, 0.3) is 0 Å². The summed E-state index contributed by atoms with van der Waals surface area (Å²) in [4.78, 5) is 36.1. The van der Waals surface area contributed by atoms with Crippen LogP contribution in [0.2, 0.25) is 0 Å². The largest absolute Gasteiger partial charge is 0.420 e. The molecule has 158 valence electrons. The topological polar surface area (TPSA) is 112 Å². The van der Waals surface area contributed by atoms with E-state index in [9.17, 15) is 14.4 Å². The van der Waals surface area contributed by atoms with Crippen molar-refractivity contribution >= 4 is 22.9 Å². The van der Waals surface area contributed by atoms with Gasteiger partial charge in [-0.25, -0.2) is 13.9 Å². The number of carbonyl (C=O) groups is 2. The summed E-state index contributed by atoms with van der Waals surface area (Å²) in [6.45, 7) is 0. The zero-order chi connectivity index (χ0) is 21.5. The molecule has 0 spiro atoms. The molecule has 10 heteroatoms. The molecule has 31 heavy (non-hydrogen) atoms. The van der Waals surface area contributed by atoms with Crippen LogP contribution in [0.5, 0.6) is 0 Å². The Morgan fingerprint density at radius 2 is 1.97 bits per heavy atom. The fraction of sp³-hybridized carbons (Fsp3) is 0.190. The second-order valence-electron chi connectivity index (χ2n) is 7.26. The smallest absolute Gasteiger partial charge is 0.408 e.